The molecule has 0 aliphatic carbocycles. The van der Waals surface area contributed by atoms with Crippen LogP contribution in [0.25, 0.3) is 0 Å². The van der Waals surface area contributed by atoms with Crippen LogP contribution in [0.3, 0.4) is 0 Å². The Morgan fingerprint density at radius 2 is 1.80 bits per heavy atom. The molecule has 0 bridgehead atoms. The van der Waals surface area contributed by atoms with Crippen LogP contribution in [0.5, 0.6) is 11.5 Å². The number of benzene rings is 1. The molecule has 0 aliphatic heterocycles. The van der Waals surface area contributed by atoms with Crippen LogP contribution >= 0.6 is 15.9 Å². The summed E-state index contributed by atoms with van der Waals surface area (Å²) in [6.07, 6.45) is 0. The molecule has 0 saturated carbocycles. The Hall–Kier alpha value is -0.780. The minimum atomic E-state index is -0.430. The van der Waals surface area contributed by atoms with Gasteiger partial charge in [0.1, 0.15) is 16.0 Å². The molecule has 0 amide bonds. The normalized spacial score (nSPS) is 12.3. The summed E-state index contributed by atoms with van der Waals surface area (Å²) in [5, 5.41) is 8.97. The minimum Gasteiger partial charge on any atom is -0.495 e. The largest absolute Gasteiger partial charge is 0.495 e. The number of ether oxygens (including phenoxy) is 2. The highest BCUT2D eigenvalue weighted by Gasteiger charge is 2.13. The highest BCUT2D eigenvalue weighted by atomic mass is 79.9. The predicted octanol–water partition coefficient (Wildman–Crippen LogP) is 1.46. The summed E-state index contributed by atoms with van der Waals surface area (Å²) in [6, 6.07) is 3.11. The Kier molecular flexibility index (Phi) is 4.38. The van der Waals surface area contributed by atoms with Crippen molar-refractivity contribution in [3.63, 3.8) is 0 Å². The van der Waals surface area contributed by atoms with Crippen molar-refractivity contribution in [3.8, 4) is 11.5 Å². The van der Waals surface area contributed by atoms with Gasteiger partial charge < -0.3 is 20.3 Å². The van der Waals surface area contributed by atoms with Crippen molar-refractivity contribution in [2.45, 2.75) is 6.04 Å². The second-order valence-electron chi connectivity index (χ2n) is 3.03. The lowest BCUT2D eigenvalue weighted by atomic mass is 10.1. The highest BCUT2D eigenvalue weighted by molar-refractivity contribution is 9.10. The van der Waals surface area contributed by atoms with Crippen LogP contribution in [0.15, 0.2) is 16.6 Å². The van der Waals surface area contributed by atoms with Gasteiger partial charge in [0.25, 0.3) is 0 Å². The molecule has 5 heteroatoms. The van der Waals surface area contributed by atoms with Crippen molar-refractivity contribution in [1.29, 1.82) is 0 Å². The van der Waals surface area contributed by atoms with Gasteiger partial charge in [0.05, 0.1) is 26.9 Å². The Morgan fingerprint density at radius 1 is 1.33 bits per heavy atom. The Balaban J connectivity index is 3.20. The van der Waals surface area contributed by atoms with Crippen LogP contribution in [0.4, 0.5) is 0 Å². The van der Waals surface area contributed by atoms with Crippen LogP contribution in [0.2, 0.25) is 0 Å². The van der Waals surface area contributed by atoms with E-state index in [1.807, 2.05) is 0 Å². The Bertz CT molecular complexity index is 318. The third kappa shape index (κ3) is 2.62. The van der Waals surface area contributed by atoms with Crippen molar-refractivity contribution < 1.29 is 14.6 Å². The molecule has 1 aromatic carbocycles. The third-order valence-electron chi connectivity index (χ3n) is 2.09. The first kappa shape index (κ1) is 12.3. The second-order valence-corrected chi connectivity index (χ2v) is 3.82. The minimum absolute atomic E-state index is 0.117. The first-order chi connectivity index (χ1) is 7.13. The lowest BCUT2D eigenvalue weighted by Crippen LogP contribution is -2.14. The fraction of sp³-hybridized carbons (Fsp3) is 0.400. The number of aliphatic hydroxyl groups is 1. The van der Waals surface area contributed by atoms with E-state index in [9.17, 15) is 0 Å². The number of rotatable bonds is 4. The molecule has 0 unspecified atom stereocenters. The molecule has 0 aromatic heterocycles. The standard InChI is InChI=1S/C10H14BrNO3/c1-14-8-3-6(7(12)5-13)4-9(15-2)10(8)11/h3-4,7,13H,5,12H2,1-2H3/t7-/m0/s1. The molecule has 3 N–H and O–H groups in total. The van der Waals surface area contributed by atoms with E-state index in [4.69, 9.17) is 20.3 Å². The van der Waals surface area contributed by atoms with Crippen molar-refractivity contribution in [2.24, 2.45) is 5.73 Å². The highest BCUT2D eigenvalue weighted by Crippen LogP contribution is 2.36. The molecule has 0 saturated heterocycles. The number of halogens is 1. The SMILES string of the molecule is COc1cc([C@@H](N)CO)cc(OC)c1Br. The molecule has 1 atom stereocenters. The van der Waals surface area contributed by atoms with Gasteiger partial charge in [0.2, 0.25) is 0 Å². The number of hydrogen-bond acceptors (Lipinski definition) is 4. The van der Waals surface area contributed by atoms with Gasteiger partial charge in [-0.15, -0.1) is 0 Å². The summed E-state index contributed by atoms with van der Waals surface area (Å²) in [5.41, 5.74) is 6.49. The van der Waals surface area contributed by atoms with Crippen molar-refractivity contribution >= 4 is 15.9 Å². The Labute approximate surface area is 97.1 Å². The van der Waals surface area contributed by atoms with Gasteiger partial charge in [-0.2, -0.15) is 0 Å². The van der Waals surface area contributed by atoms with E-state index in [1.165, 1.54) is 0 Å². The monoisotopic (exact) mass is 275 g/mol. The van der Waals surface area contributed by atoms with E-state index in [0.29, 0.717) is 11.5 Å². The van der Waals surface area contributed by atoms with Gasteiger partial charge in [0, 0.05) is 0 Å². The summed E-state index contributed by atoms with van der Waals surface area (Å²) in [4.78, 5) is 0. The van der Waals surface area contributed by atoms with E-state index < -0.39 is 6.04 Å². The number of hydrogen-bond donors (Lipinski definition) is 2. The molecular weight excluding hydrogens is 262 g/mol. The average molecular weight is 276 g/mol. The summed E-state index contributed by atoms with van der Waals surface area (Å²) in [6.45, 7) is -0.117. The van der Waals surface area contributed by atoms with E-state index in [2.05, 4.69) is 15.9 Å². The lowest BCUT2D eigenvalue weighted by molar-refractivity contribution is 0.267. The maximum Gasteiger partial charge on any atom is 0.137 e. The molecule has 0 radical (unpaired) electrons. The fourth-order valence-corrected chi connectivity index (χ4v) is 1.76. The van der Waals surface area contributed by atoms with E-state index in [-0.39, 0.29) is 6.61 Å². The third-order valence-corrected chi connectivity index (χ3v) is 2.87. The second kappa shape index (κ2) is 5.34. The molecule has 0 spiro atoms. The molecule has 1 rings (SSSR count). The summed E-state index contributed by atoms with van der Waals surface area (Å²) in [7, 11) is 3.13. The van der Waals surface area contributed by atoms with Gasteiger partial charge in [0.15, 0.2) is 0 Å². The summed E-state index contributed by atoms with van der Waals surface area (Å²) >= 11 is 3.35. The zero-order valence-corrected chi connectivity index (χ0v) is 10.2. The fourth-order valence-electron chi connectivity index (χ4n) is 1.21. The van der Waals surface area contributed by atoms with E-state index >= 15 is 0 Å². The topological polar surface area (TPSA) is 64.7 Å². The summed E-state index contributed by atoms with van der Waals surface area (Å²) in [5.74, 6) is 1.27. The van der Waals surface area contributed by atoms with Crippen LogP contribution < -0.4 is 15.2 Å². The molecule has 0 aliphatic rings. The zero-order chi connectivity index (χ0) is 11.4. The molecule has 1 aromatic rings. The zero-order valence-electron chi connectivity index (χ0n) is 8.66. The molecule has 84 valence electrons. The molecule has 0 fully saturated rings. The average Bonchev–Trinajstić information content (AvgIpc) is 2.28. The van der Waals surface area contributed by atoms with Crippen LogP contribution in [-0.2, 0) is 0 Å². The maximum absolute atomic E-state index is 8.97. The van der Waals surface area contributed by atoms with E-state index in [1.54, 1.807) is 26.4 Å². The van der Waals surface area contributed by atoms with Crippen molar-refractivity contribution in [2.75, 3.05) is 20.8 Å². The maximum atomic E-state index is 8.97. The number of nitrogens with two attached hydrogens (primary N) is 1. The lowest BCUT2D eigenvalue weighted by Gasteiger charge is -2.14. The smallest absolute Gasteiger partial charge is 0.137 e. The van der Waals surface area contributed by atoms with Gasteiger partial charge in [-0.3, -0.25) is 0 Å². The number of aliphatic hydroxyl groups excluding tert-OH is 1. The van der Waals surface area contributed by atoms with Crippen LogP contribution in [0, 0.1) is 0 Å². The first-order valence-electron chi connectivity index (χ1n) is 4.41. The molecule has 15 heavy (non-hydrogen) atoms. The molecule has 4 nitrogen and oxygen atoms in total. The van der Waals surface area contributed by atoms with Gasteiger partial charge in [-0.05, 0) is 33.6 Å². The van der Waals surface area contributed by atoms with Crippen molar-refractivity contribution in [1.82, 2.24) is 0 Å². The van der Waals surface area contributed by atoms with Crippen LogP contribution in [0.1, 0.15) is 11.6 Å². The van der Waals surface area contributed by atoms with Crippen molar-refractivity contribution in [3.05, 3.63) is 22.2 Å². The molecule has 0 heterocycles. The van der Waals surface area contributed by atoms with E-state index in [0.717, 1.165) is 10.0 Å². The number of methoxy groups -OCH3 is 2. The van der Waals surface area contributed by atoms with Gasteiger partial charge in [-0.1, -0.05) is 0 Å². The van der Waals surface area contributed by atoms with Crippen LogP contribution in [-0.4, -0.2) is 25.9 Å². The Morgan fingerprint density at radius 3 is 2.13 bits per heavy atom. The summed E-state index contributed by atoms with van der Waals surface area (Å²) < 4.78 is 11.1. The first-order valence-corrected chi connectivity index (χ1v) is 5.21. The van der Waals surface area contributed by atoms with Gasteiger partial charge in [-0.25, -0.2) is 0 Å². The van der Waals surface area contributed by atoms with Gasteiger partial charge >= 0.3 is 0 Å². The predicted molar refractivity (Wildman–Crippen MR) is 61.3 cm³/mol. The quantitative estimate of drug-likeness (QED) is 0.873. The molecular formula is C10H14BrNO3.